The molecule has 0 aliphatic rings. The summed E-state index contributed by atoms with van der Waals surface area (Å²) < 4.78 is 45.1. The molecule has 2 rings (SSSR count). The summed E-state index contributed by atoms with van der Waals surface area (Å²) in [5.74, 6) is -1.79. The van der Waals surface area contributed by atoms with E-state index in [1.165, 1.54) is 25.3 Å². The van der Waals surface area contributed by atoms with Crippen molar-refractivity contribution in [2.24, 2.45) is 0 Å². The molecule has 122 valence electrons. The summed E-state index contributed by atoms with van der Waals surface area (Å²) in [6.45, 7) is 1.57. The van der Waals surface area contributed by atoms with Gasteiger partial charge in [-0.15, -0.1) is 0 Å². The van der Waals surface area contributed by atoms with E-state index in [-0.39, 0.29) is 21.9 Å². The van der Waals surface area contributed by atoms with Crippen LogP contribution in [-0.2, 0) is 10.0 Å². The minimum absolute atomic E-state index is 0.0131. The zero-order valence-corrected chi connectivity index (χ0v) is 13.1. The highest BCUT2D eigenvalue weighted by Crippen LogP contribution is 2.28. The van der Waals surface area contributed by atoms with Crippen LogP contribution in [0.2, 0.25) is 0 Å². The van der Waals surface area contributed by atoms with Crippen molar-refractivity contribution in [3.8, 4) is 5.75 Å². The number of hydrogen-bond donors (Lipinski definition) is 2. The minimum atomic E-state index is -4.05. The van der Waals surface area contributed by atoms with Crippen molar-refractivity contribution in [3.63, 3.8) is 0 Å². The predicted octanol–water partition coefficient (Wildman–Crippen LogP) is 2.64. The van der Waals surface area contributed by atoms with Gasteiger partial charge in [0, 0.05) is 6.07 Å². The third-order valence-electron chi connectivity index (χ3n) is 3.16. The molecule has 0 unspecified atom stereocenters. The first-order chi connectivity index (χ1) is 10.7. The van der Waals surface area contributed by atoms with Crippen molar-refractivity contribution in [1.82, 2.24) is 0 Å². The monoisotopic (exact) mass is 339 g/mol. The summed E-state index contributed by atoms with van der Waals surface area (Å²) in [7, 11) is -2.77. The molecule has 0 bridgehead atoms. The average Bonchev–Trinajstić information content (AvgIpc) is 2.48. The number of anilines is 1. The van der Waals surface area contributed by atoms with Crippen LogP contribution in [0, 0.1) is 12.7 Å². The molecular weight excluding hydrogens is 325 g/mol. The summed E-state index contributed by atoms with van der Waals surface area (Å²) in [4.78, 5) is 10.9. The van der Waals surface area contributed by atoms with E-state index in [2.05, 4.69) is 4.72 Å². The molecule has 0 aliphatic carbocycles. The molecule has 23 heavy (non-hydrogen) atoms. The first-order valence-electron chi connectivity index (χ1n) is 6.45. The second kappa shape index (κ2) is 6.25. The van der Waals surface area contributed by atoms with Gasteiger partial charge in [-0.25, -0.2) is 17.6 Å². The number of methoxy groups -OCH3 is 1. The normalized spacial score (nSPS) is 11.1. The number of hydrogen-bond acceptors (Lipinski definition) is 4. The number of aromatic carboxylic acids is 1. The van der Waals surface area contributed by atoms with Crippen molar-refractivity contribution in [3.05, 3.63) is 53.3 Å². The molecule has 0 spiro atoms. The fourth-order valence-electron chi connectivity index (χ4n) is 1.95. The summed E-state index contributed by atoms with van der Waals surface area (Å²) in [5.41, 5.74) is 0.376. The molecule has 0 radical (unpaired) electrons. The maximum absolute atomic E-state index is 13.2. The number of benzene rings is 2. The Hall–Kier alpha value is -2.61. The molecule has 0 aromatic heterocycles. The highest BCUT2D eigenvalue weighted by Gasteiger charge is 2.19. The number of carboxylic acid groups (broad SMARTS) is 1. The van der Waals surface area contributed by atoms with Crippen LogP contribution in [0.5, 0.6) is 5.75 Å². The maximum Gasteiger partial charge on any atom is 0.335 e. The lowest BCUT2D eigenvalue weighted by Crippen LogP contribution is -2.15. The summed E-state index contributed by atoms with van der Waals surface area (Å²) >= 11 is 0. The number of halogens is 1. The van der Waals surface area contributed by atoms with E-state index in [0.29, 0.717) is 5.56 Å². The Morgan fingerprint density at radius 3 is 2.52 bits per heavy atom. The second-order valence-electron chi connectivity index (χ2n) is 4.73. The Bertz CT molecular complexity index is 864. The lowest BCUT2D eigenvalue weighted by molar-refractivity contribution is 0.0696. The maximum atomic E-state index is 13.2. The van der Waals surface area contributed by atoms with Gasteiger partial charge in [0.1, 0.15) is 11.6 Å². The number of carboxylic acids is 1. The molecule has 0 heterocycles. The van der Waals surface area contributed by atoms with Crippen LogP contribution in [0.3, 0.4) is 0 Å². The van der Waals surface area contributed by atoms with Crippen molar-refractivity contribution >= 4 is 21.7 Å². The van der Waals surface area contributed by atoms with E-state index in [1.807, 2.05) is 0 Å². The van der Waals surface area contributed by atoms with Crippen LogP contribution >= 0.6 is 0 Å². The molecule has 6 nitrogen and oxygen atoms in total. The lowest BCUT2D eigenvalue weighted by atomic mass is 10.1. The summed E-state index contributed by atoms with van der Waals surface area (Å²) in [5, 5.41) is 9.08. The molecule has 8 heteroatoms. The van der Waals surface area contributed by atoms with Gasteiger partial charge in [0.15, 0.2) is 0 Å². The van der Waals surface area contributed by atoms with Crippen LogP contribution in [0.1, 0.15) is 15.9 Å². The zero-order valence-electron chi connectivity index (χ0n) is 12.3. The fraction of sp³-hybridized carbons (Fsp3) is 0.133. The second-order valence-corrected chi connectivity index (χ2v) is 6.41. The van der Waals surface area contributed by atoms with E-state index in [1.54, 1.807) is 6.92 Å². The van der Waals surface area contributed by atoms with E-state index in [9.17, 15) is 17.6 Å². The highest BCUT2D eigenvalue weighted by molar-refractivity contribution is 7.92. The third-order valence-corrected chi connectivity index (χ3v) is 4.52. The molecule has 0 aliphatic heterocycles. The van der Waals surface area contributed by atoms with Crippen molar-refractivity contribution in [2.75, 3.05) is 11.8 Å². The Labute approximate surface area is 132 Å². The molecule has 0 fully saturated rings. The summed E-state index contributed by atoms with van der Waals surface area (Å²) in [6.07, 6.45) is 0. The number of nitrogens with one attached hydrogen (secondary N) is 1. The van der Waals surface area contributed by atoms with Crippen LogP contribution in [-0.4, -0.2) is 26.6 Å². The van der Waals surface area contributed by atoms with Gasteiger partial charge in [-0.2, -0.15) is 0 Å². The van der Waals surface area contributed by atoms with Crippen LogP contribution in [0.15, 0.2) is 41.3 Å². The number of sulfonamides is 1. The van der Waals surface area contributed by atoms with Crippen LogP contribution in [0.25, 0.3) is 0 Å². The molecule has 2 aromatic carbocycles. The number of carbonyl (C=O) groups is 1. The van der Waals surface area contributed by atoms with Gasteiger partial charge in [0.05, 0.1) is 23.3 Å². The molecule has 2 aromatic rings. The van der Waals surface area contributed by atoms with Gasteiger partial charge in [0.2, 0.25) is 0 Å². The first kappa shape index (κ1) is 16.8. The number of aryl methyl sites for hydroxylation is 1. The van der Waals surface area contributed by atoms with Crippen LogP contribution in [0.4, 0.5) is 10.1 Å². The van der Waals surface area contributed by atoms with E-state index >= 15 is 0 Å². The summed E-state index contributed by atoms with van der Waals surface area (Å²) in [6, 6.07) is 7.10. The lowest BCUT2D eigenvalue weighted by Gasteiger charge is -2.12. The Morgan fingerprint density at radius 1 is 1.22 bits per heavy atom. The zero-order chi connectivity index (χ0) is 17.2. The fourth-order valence-corrected chi connectivity index (χ4v) is 3.05. The molecule has 0 amide bonds. The number of rotatable bonds is 5. The van der Waals surface area contributed by atoms with Gasteiger partial charge >= 0.3 is 5.97 Å². The molecule has 0 saturated carbocycles. The van der Waals surface area contributed by atoms with Crippen molar-refractivity contribution in [1.29, 1.82) is 0 Å². The van der Waals surface area contributed by atoms with E-state index in [0.717, 1.165) is 18.2 Å². The Balaban J connectivity index is 2.44. The topological polar surface area (TPSA) is 92.7 Å². The quantitative estimate of drug-likeness (QED) is 0.873. The highest BCUT2D eigenvalue weighted by atomic mass is 32.2. The van der Waals surface area contributed by atoms with Gasteiger partial charge in [-0.3, -0.25) is 4.72 Å². The van der Waals surface area contributed by atoms with Gasteiger partial charge in [-0.1, -0.05) is 6.07 Å². The SMILES string of the molecule is COc1cc(F)ccc1NS(=O)(=O)c1ccc(C)c(C(=O)O)c1. The van der Waals surface area contributed by atoms with E-state index in [4.69, 9.17) is 9.84 Å². The van der Waals surface area contributed by atoms with Gasteiger partial charge < -0.3 is 9.84 Å². The predicted molar refractivity (Wildman–Crippen MR) is 81.9 cm³/mol. The third kappa shape index (κ3) is 3.59. The molecule has 2 N–H and O–H groups in total. The molecule has 0 atom stereocenters. The largest absolute Gasteiger partial charge is 0.494 e. The van der Waals surface area contributed by atoms with Crippen molar-refractivity contribution < 1.29 is 27.4 Å². The first-order valence-corrected chi connectivity index (χ1v) is 7.93. The van der Waals surface area contributed by atoms with Gasteiger partial charge in [-0.05, 0) is 36.8 Å². The minimum Gasteiger partial charge on any atom is -0.494 e. The molecule has 0 saturated heterocycles. The standard InChI is InChI=1S/C15H14FNO5S/c1-9-3-5-11(8-12(9)15(18)19)23(20,21)17-13-6-4-10(16)7-14(13)22-2/h3-8,17H,1-2H3,(H,18,19). The Morgan fingerprint density at radius 2 is 1.91 bits per heavy atom. The van der Waals surface area contributed by atoms with Crippen molar-refractivity contribution in [2.45, 2.75) is 11.8 Å². The van der Waals surface area contributed by atoms with E-state index < -0.39 is 21.8 Å². The molecular formula is C15H14FNO5S. The average molecular weight is 339 g/mol. The van der Waals surface area contributed by atoms with Crippen LogP contribution < -0.4 is 9.46 Å². The Kier molecular flexibility index (Phi) is 4.55. The number of ether oxygens (including phenoxy) is 1. The smallest absolute Gasteiger partial charge is 0.335 e. The van der Waals surface area contributed by atoms with Gasteiger partial charge in [0.25, 0.3) is 10.0 Å².